The van der Waals surface area contributed by atoms with Crippen LogP contribution in [0.1, 0.15) is 57.2 Å². The number of nitrogens with one attached hydrogen (secondary N) is 1. The van der Waals surface area contributed by atoms with E-state index in [4.69, 9.17) is 4.74 Å². The van der Waals surface area contributed by atoms with E-state index in [1.54, 1.807) is 0 Å². The molecule has 2 nitrogen and oxygen atoms in total. The topological polar surface area (TPSA) is 21.3 Å². The first-order valence-corrected chi connectivity index (χ1v) is 7.19. The summed E-state index contributed by atoms with van der Waals surface area (Å²) < 4.78 is 5.79. The summed E-state index contributed by atoms with van der Waals surface area (Å²) in [5.41, 5.74) is 2.86. The number of hydrogen-bond acceptors (Lipinski definition) is 2. The molecule has 1 aliphatic rings. The molecule has 0 spiro atoms. The van der Waals surface area contributed by atoms with Gasteiger partial charge in [-0.25, -0.2) is 0 Å². The molecule has 0 aromatic heterocycles. The van der Waals surface area contributed by atoms with Crippen LogP contribution in [0.25, 0.3) is 0 Å². The molecule has 0 fully saturated rings. The van der Waals surface area contributed by atoms with Gasteiger partial charge in [0.2, 0.25) is 0 Å². The Hall–Kier alpha value is -1.02. The van der Waals surface area contributed by atoms with Crippen molar-refractivity contribution in [1.82, 2.24) is 5.32 Å². The first-order chi connectivity index (χ1) is 8.70. The van der Waals surface area contributed by atoms with Gasteiger partial charge in [-0.1, -0.05) is 32.9 Å². The van der Waals surface area contributed by atoms with Crippen LogP contribution < -0.4 is 10.1 Å². The maximum atomic E-state index is 5.79. The molecule has 0 aliphatic heterocycles. The molecular weight excluding hydrogens is 222 g/mol. The summed E-state index contributed by atoms with van der Waals surface area (Å²) in [6.45, 7) is 10.8. The van der Waals surface area contributed by atoms with Crippen LogP contribution in [0.4, 0.5) is 0 Å². The van der Waals surface area contributed by atoms with E-state index in [1.165, 1.54) is 17.5 Å². The minimum absolute atomic E-state index is 0.482. The molecule has 1 aromatic rings. The fraction of sp³-hybridized carbons (Fsp3) is 0.625. The Bertz CT molecular complexity index is 402. The molecule has 2 heteroatoms. The molecule has 0 saturated carbocycles. The third kappa shape index (κ3) is 2.26. The highest BCUT2D eigenvalue weighted by Crippen LogP contribution is 2.48. The van der Waals surface area contributed by atoms with Crippen molar-refractivity contribution in [3.63, 3.8) is 0 Å². The third-order valence-electron chi connectivity index (χ3n) is 4.12. The smallest absolute Gasteiger partial charge is 0.123 e. The molecule has 3 unspecified atom stereocenters. The van der Waals surface area contributed by atoms with E-state index >= 15 is 0 Å². The van der Waals surface area contributed by atoms with Gasteiger partial charge in [-0.05, 0) is 43.4 Å². The zero-order valence-corrected chi connectivity index (χ0v) is 12.0. The maximum Gasteiger partial charge on any atom is 0.123 e. The lowest BCUT2D eigenvalue weighted by molar-refractivity contribution is 0.331. The van der Waals surface area contributed by atoms with E-state index in [1.807, 2.05) is 0 Å². The van der Waals surface area contributed by atoms with Crippen molar-refractivity contribution >= 4 is 0 Å². The van der Waals surface area contributed by atoms with E-state index in [0.29, 0.717) is 17.9 Å². The first kappa shape index (κ1) is 13.4. The lowest BCUT2D eigenvalue weighted by Crippen LogP contribution is -2.25. The number of ether oxygens (including phenoxy) is 1. The van der Waals surface area contributed by atoms with Gasteiger partial charge < -0.3 is 10.1 Å². The van der Waals surface area contributed by atoms with Crippen molar-refractivity contribution in [3.05, 3.63) is 29.3 Å². The van der Waals surface area contributed by atoms with Gasteiger partial charge in [0.15, 0.2) is 0 Å². The summed E-state index contributed by atoms with van der Waals surface area (Å²) in [5.74, 6) is 2.28. The Kier molecular flexibility index (Phi) is 4.28. The van der Waals surface area contributed by atoms with Gasteiger partial charge in [-0.2, -0.15) is 0 Å². The Morgan fingerprint density at radius 3 is 2.67 bits per heavy atom. The average molecular weight is 247 g/mol. The monoisotopic (exact) mass is 247 g/mol. The lowest BCUT2D eigenvalue weighted by atomic mass is 9.94. The molecule has 1 aromatic carbocycles. The fourth-order valence-corrected chi connectivity index (χ4v) is 3.03. The normalized spacial score (nSPS) is 26.1. The molecule has 100 valence electrons. The zero-order valence-electron chi connectivity index (χ0n) is 12.0. The van der Waals surface area contributed by atoms with E-state index in [0.717, 1.165) is 18.9 Å². The summed E-state index contributed by atoms with van der Waals surface area (Å²) in [5, 5.41) is 3.68. The molecule has 2 rings (SSSR count). The SMILES string of the molecule is CCCNC1c2cccc(OCC)c2C(C)C1C. The van der Waals surface area contributed by atoms with Crippen molar-refractivity contribution in [2.45, 2.75) is 46.1 Å². The van der Waals surface area contributed by atoms with Crippen LogP contribution >= 0.6 is 0 Å². The molecule has 1 N–H and O–H groups in total. The molecule has 1 aliphatic carbocycles. The fourth-order valence-electron chi connectivity index (χ4n) is 3.03. The summed E-state index contributed by atoms with van der Waals surface area (Å²) in [7, 11) is 0. The van der Waals surface area contributed by atoms with Crippen molar-refractivity contribution in [3.8, 4) is 5.75 Å². The average Bonchev–Trinajstić information content (AvgIpc) is 2.62. The highest BCUT2D eigenvalue weighted by atomic mass is 16.5. The standard InChI is InChI=1S/C16H25NO/c1-5-10-17-16-12(4)11(3)15-13(16)8-7-9-14(15)18-6-2/h7-9,11-12,16-17H,5-6,10H2,1-4H3. The van der Waals surface area contributed by atoms with E-state index < -0.39 is 0 Å². The van der Waals surface area contributed by atoms with E-state index in [2.05, 4.69) is 51.2 Å². The van der Waals surface area contributed by atoms with Crippen molar-refractivity contribution < 1.29 is 4.74 Å². The quantitative estimate of drug-likeness (QED) is 0.852. The predicted molar refractivity (Wildman–Crippen MR) is 76.2 cm³/mol. The van der Waals surface area contributed by atoms with Gasteiger partial charge in [0.25, 0.3) is 0 Å². The van der Waals surface area contributed by atoms with Crippen LogP contribution in [-0.2, 0) is 0 Å². The van der Waals surface area contributed by atoms with Gasteiger partial charge in [0, 0.05) is 11.6 Å². The predicted octanol–water partition coefficient (Wildman–Crippen LogP) is 3.88. The molecule has 3 atom stereocenters. The number of rotatable bonds is 5. The second kappa shape index (κ2) is 5.75. The van der Waals surface area contributed by atoms with Gasteiger partial charge in [0.05, 0.1) is 6.61 Å². The largest absolute Gasteiger partial charge is 0.494 e. The highest BCUT2D eigenvalue weighted by Gasteiger charge is 2.36. The zero-order chi connectivity index (χ0) is 13.1. The van der Waals surface area contributed by atoms with Crippen molar-refractivity contribution in [2.75, 3.05) is 13.2 Å². The van der Waals surface area contributed by atoms with Crippen LogP contribution in [0.5, 0.6) is 5.75 Å². The maximum absolute atomic E-state index is 5.79. The Morgan fingerprint density at radius 2 is 2.00 bits per heavy atom. The summed E-state index contributed by atoms with van der Waals surface area (Å²) in [6.07, 6.45) is 1.18. The number of hydrogen-bond donors (Lipinski definition) is 1. The number of fused-ring (bicyclic) bond motifs is 1. The lowest BCUT2D eigenvalue weighted by Gasteiger charge is -2.20. The molecular formula is C16H25NO. The van der Waals surface area contributed by atoms with Gasteiger partial charge in [-0.3, -0.25) is 0 Å². The Labute approximate surface area is 111 Å². The summed E-state index contributed by atoms with van der Waals surface area (Å²) >= 11 is 0. The Morgan fingerprint density at radius 1 is 1.22 bits per heavy atom. The second-order valence-electron chi connectivity index (χ2n) is 5.27. The van der Waals surface area contributed by atoms with E-state index in [9.17, 15) is 0 Å². The van der Waals surface area contributed by atoms with Crippen LogP contribution in [0.15, 0.2) is 18.2 Å². The van der Waals surface area contributed by atoms with Crippen LogP contribution in [-0.4, -0.2) is 13.2 Å². The summed E-state index contributed by atoms with van der Waals surface area (Å²) in [4.78, 5) is 0. The van der Waals surface area contributed by atoms with Gasteiger partial charge >= 0.3 is 0 Å². The molecule has 0 radical (unpaired) electrons. The van der Waals surface area contributed by atoms with E-state index in [-0.39, 0.29) is 0 Å². The number of benzene rings is 1. The molecule has 0 saturated heterocycles. The minimum Gasteiger partial charge on any atom is -0.494 e. The molecule has 0 heterocycles. The van der Waals surface area contributed by atoms with Crippen LogP contribution in [0, 0.1) is 5.92 Å². The van der Waals surface area contributed by atoms with Crippen LogP contribution in [0.2, 0.25) is 0 Å². The Balaban J connectivity index is 2.34. The minimum atomic E-state index is 0.482. The summed E-state index contributed by atoms with van der Waals surface area (Å²) in [6, 6.07) is 6.96. The molecule has 0 amide bonds. The highest BCUT2D eigenvalue weighted by molar-refractivity contribution is 5.48. The van der Waals surface area contributed by atoms with Crippen molar-refractivity contribution in [2.24, 2.45) is 5.92 Å². The van der Waals surface area contributed by atoms with Crippen molar-refractivity contribution in [1.29, 1.82) is 0 Å². The van der Waals surface area contributed by atoms with Crippen LogP contribution in [0.3, 0.4) is 0 Å². The third-order valence-corrected chi connectivity index (χ3v) is 4.12. The van der Waals surface area contributed by atoms with Gasteiger partial charge in [0.1, 0.15) is 5.75 Å². The van der Waals surface area contributed by atoms with Gasteiger partial charge in [-0.15, -0.1) is 0 Å². The first-order valence-electron chi connectivity index (χ1n) is 7.19. The molecule has 18 heavy (non-hydrogen) atoms. The second-order valence-corrected chi connectivity index (χ2v) is 5.27. The molecule has 0 bridgehead atoms.